The Kier molecular flexibility index (Phi) is 4.68. The quantitative estimate of drug-likeness (QED) is 0.293. The Hall–Kier alpha value is -3.75. The third-order valence-electron chi connectivity index (χ3n) is 5.94. The van der Waals surface area contributed by atoms with Crippen molar-refractivity contribution in [3.63, 3.8) is 0 Å². The summed E-state index contributed by atoms with van der Waals surface area (Å²) in [6, 6.07) is 15.9. The van der Waals surface area contributed by atoms with Crippen LogP contribution < -0.4 is 4.90 Å². The Morgan fingerprint density at radius 2 is 1.94 bits per heavy atom. The zero-order valence-corrected chi connectivity index (χ0v) is 19.9. The molecule has 5 aromatic rings. The summed E-state index contributed by atoms with van der Waals surface area (Å²) in [4.78, 5) is 33.9. The lowest BCUT2D eigenvalue weighted by Gasteiger charge is -2.22. The fraction of sp³-hybridized carbons (Fsp3) is 0.115. The molecule has 4 heterocycles. The van der Waals surface area contributed by atoms with Crippen molar-refractivity contribution in [3.05, 3.63) is 93.1 Å². The van der Waals surface area contributed by atoms with Crippen molar-refractivity contribution in [2.75, 3.05) is 4.90 Å². The summed E-state index contributed by atoms with van der Waals surface area (Å²) in [6.07, 6.45) is 0. The monoisotopic (exact) mass is 486 g/mol. The summed E-state index contributed by atoms with van der Waals surface area (Å²) in [6.45, 7) is 3.99. The second-order valence-electron chi connectivity index (χ2n) is 8.26. The number of thiophene rings is 1. The van der Waals surface area contributed by atoms with Gasteiger partial charge in [-0.3, -0.25) is 14.5 Å². The Bertz CT molecular complexity index is 1610. The fourth-order valence-corrected chi connectivity index (χ4v) is 6.43. The van der Waals surface area contributed by atoms with Crippen LogP contribution in [-0.4, -0.2) is 21.8 Å². The average molecular weight is 487 g/mol. The third-order valence-corrected chi connectivity index (χ3v) is 7.87. The SMILES string of the molecule is Cc1cc(C)c2nc(N3C(=O)C(O)=C(C(=O)c4cc5ccccc5o4)[C@H]3c3cccs3)sc2c1. The fourth-order valence-electron chi connectivity index (χ4n) is 4.44. The maximum atomic E-state index is 13.6. The topological polar surface area (TPSA) is 83.6 Å². The summed E-state index contributed by atoms with van der Waals surface area (Å²) in [5.41, 5.74) is 3.48. The minimum Gasteiger partial charge on any atom is -0.503 e. The highest BCUT2D eigenvalue weighted by atomic mass is 32.1. The molecular weight excluding hydrogens is 468 g/mol. The van der Waals surface area contributed by atoms with E-state index < -0.39 is 23.5 Å². The van der Waals surface area contributed by atoms with Gasteiger partial charge in [0, 0.05) is 10.3 Å². The van der Waals surface area contributed by atoms with Gasteiger partial charge < -0.3 is 9.52 Å². The first-order chi connectivity index (χ1) is 16.4. The Balaban J connectivity index is 1.50. The number of aromatic nitrogens is 1. The lowest BCUT2D eigenvalue weighted by molar-refractivity contribution is -0.117. The van der Waals surface area contributed by atoms with E-state index >= 15 is 0 Å². The van der Waals surface area contributed by atoms with Crippen molar-refractivity contribution in [2.24, 2.45) is 0 Å². The molecule has 1 N–H and O–H groups in total. The van der Waals surface area contributed by atoms with Crippen LogP contribution >= 0.6 is 22.7 Å². The maximum Gasteiger partial charge on any atom is 0.296 e. The minimum atomic E-state index is -0.796. The van der Waals surface area contributed by atoms with E-state index in [2.05, 4.69) is 0 Å². The number of carbonyl (C=O) groups is 2. The highest BCUT2D eigenvalue weighted by Crippen LogP contribution is 2.46. The molecule has 0 aliphatic carbocycles. The molecule has 0 saturated heterocycles. The van der Waals surface area contributed by atoms with Gasteiger partial charge in [-0.25, -0.2) is 4.98 Å². The molecule has 8 heteroatoms. The van der Waals surface area contributed by atoms with Crippen LogP contribution in [-0.2, 0) is 4.79 Å². The summed E-state index contributed by atoms with van der Waals surface area (Å²) in [5, 5.41) is 14.0. The number of benzene rings is 2. The van der Waals surface area contributed by atoms with Gasteiger partial charge in [0.1, 0.15) is 11.6 Å². The Morgan fingerprint density at radius 3 is 2.71 bits per heavy atom. The molecule has 1 amide bonds. The zero-order valence-electron chi connectivity index (χ0n) is 18.2. The number of aliphatic hydroxyl groups excluding tert-OH is 1. The molecule has 0 bridgehead atoms. The van der Waals surface area contributed by atoms with Gasteiger partial charge in [-0.2, -0.15) is 0 Å². The van der Waals surface area contributed by atoms with Crippen LogP contribution in [0.2, 0.25) is 0 Å². The van der Waals surface area contributed by atoms with Crippen molar-refractivity contribution in [1.29, 1.82) is 0 Å². The molecule has 168 valence electrons. The average Bonchev–Trinajstić information content (AvgIpc) is 3.59. The largest absolute Gasteiger partial charge is 0.503 e. The van der Waals surface area contributed by atoms with Crippen LogP contribution in [0.5, 0.6) is 0 Å². The number of Topliss-reactive ketones (excluding diaryl/α,β-unsaturated/α-hetero) is 1. The third kappa shape index (κ3) is 3.10. The number of aryl methyl sites for hydroxylation is 2. The molecule has 3 aromatic heterocycles. The van der Waals surface area contributed by atoms with Crippen molar-refractivity contribution < 1.29 is 19.1 Å². The molecule has 0 unspecified atom stereocenters. The number of rotatable bonds is 4. The van der Waals surface area contributed by atoms with Gasteiger partial charge in [0.05, 0.1) is 15.8 Å². The van der Waals surface area contributed by atoms with E-state index in [1.807, 2.05) is 61.7 Å². The van der Waals surface area contributed by atoms with Gasteiger partial charge in [-0.05, 0) is 54.6 Å². The molecule has 2 aromatic carbocycles. The van der Waals surface area contributed by atoms with E-state index in [4.69, 9.17) is 9.40 Å². The number of furan rings is 1. The van der Waals surface area contributed by atoms with E-state index in [9.17, 15) is 14.7 Å². The molecule has 6 rings (SSSR count). The van der Waals surface area contributed by atoms with E-state index in [0.717, 1.165) is 31.6 Å². The van der Waals surface area contributed by atoms with Crippen LogP contribution in [0.3, 0.4) is 0 Å². The summed E-state index contributed by atoms with van der Waals surface area (Å²) in [5.74, 6) is -1.66. The number of ketones is 1. The summed E-state index contributed by atoms with van der Waals surface area (Å²) in [7, 11) is 0. The molecule has 34 heavy (non-hydrogen) atoms. The standard InChI is InChI=1S/C26H18N2O4S2/c1-13-10-14(2)21-19(11-13)34-26(27-21)28-22(18-8-5-9-33-18)20(24(30)25(28)31)23(29)17-12-15-6-3-4-7-16(15)32-17/h3-12,22,30H,1-2H3/t22-/m1/s1. The number of hydrogen-bond donors (Lipinski definition) is 1. The number of anilines is 1. The van der Waals surface area contributed by atoms with Crippen LogP contribution in [0, 0.1) is 13.8 Å². The van der Waals surface area contributed by atoms with Gasteiger partial charge in [0.25, 0.3) is 5.91 Å². The van der Waals surface area contributed by atoms with Crippen molar-refractivity contribution in [2.45, 2.75) is 19.9 Å². The molecule has 1 aliphatic heterocycles. The first kappa shape index (κ1) is 20.8. The Labute approximate surface area is 202 Å². The molecule has 0 spiro atoms. The summed E-state index contributed by atoms with van der Waals surface area (Å²) >= 11 is 2.78. The molecule has 0 fully saturated rings. The number of carbonyl (C=O) groups excluding carboxylic acids is 2. The van der Waals surface area contributed by atoms with Gasteiger partial charge in [-0.15, -0.1) is 11.3 Å². The first-order valence-corrected chi connectivity index (χ1v) is 12.3. The van der Waals surface area contributed by atoms with Crippen molar-refractivity contribution in [1.82, 2.24) is 4.98 Å². The number of aliphatic hydroxyl groups is 1. The van der Waals surface area contributed by atoms with Gasteiger partial charge in [0.2, 0.25) is 5.78 Å². The maximum absolute atomic E-state index is 13.6. The van der Waals surface area contributed by atoms with Crippen molar-refractivity contribution >= 4 is 60.7 Å². The highest BCUT2D eigenvalue weighted by molar-refractivity contribution is 7.22. The van der Waals surface area contributed by atoms with Crippen LogP contribution in [0.15, 0.2) is 75.7 Å². The van der Waals surface area contributed by atoms with Gasteiger partial charge >= 0.3 is 0 Å². The number of amides is 1. The molecule has 1 atom stereocenters. The lowest BCUT2D eigenvalue weighted by atomic mass is 10.0. The van der Waals surface area contributed by atoms with E-state index in [1.54, 1.807) is 12.1 Å². The second-order valence-corrected chi connectivity index (χ2v) is 10.2. The number of hydrogen-bond acceptors (Lipinski definition) is 7. The van der Waals surface area contributed by atoms with Crippen LogP contribution in [0.25, 0.3) is 21.2 Å². The number of nitrogens with zero attached hydrogens (tertiary/aromatic N) is 2. The zero-order chi connectivity index (χ0) is 23.6. The molecule has 0 saturated carbocycles. The molecular formula is C26H18N2O4S2. The molecule has 6 nitrogen and oxygen atoms in total. The molecule has 0 radical (unpaired) electrons. The van der Waals surface area contributed by atoms with Crippen molar-refractivity contribution in [3.8, 4) is 0 Å². The minimum absolute atomic E-state index is 0.00124. The van der Waals surface area contributed by atoms with E-state index in [0.29, 0.717) is 10.7 Å². The number of fused-ring (bicyclic) bond motifs is 2. The van der Waals surface area contributed by atoms with Gasteiger partial charge in [-0.1, -0.05) is 41.7 Å². The lowest BCUT2D eigenvalue weighted by Crippen LogP contribution is -2.30. The number of thiazole rings is 1. The summed E-state index contributed by atoms with van der Waals surface area (Å²) < 4.78 is 6.72. The van der Waals surface area contributed by atoms with Crippen LogP contribution in [0.1, 0.15) is 32.6 Å². The van der Waals surface area contributed by atoms with Gasteiger partial charge in [0.15, 0.2) is 16.7 Å². The first-order valence-electron chi connectivity index (χ1n) is 10.6. The number of para-hydroxylation sites is 1. The highest BCUT2D eigenvalue weighted by Gasteiger charge is 2.47. The smallest absolute Gasteiger partial charge is 0.296 e. The second kappa shape index (κ2) is 7.65. The van der Waals surface area contributed by atoms with Crippen LogP contribution in [0.4, 0.5) is 5.13 Å². The van der Waals surface area contributed by atoms with E-state index in [1.165, 1.54) is 27.6 Å². The molecule has 1 aliphatic rings. The predicted molar refractivity (Wildman–Crippen MR) is 134 cm³/mol. The normalized spacial score (nSPS) is 16.4. The Morgan fingerprint density at radius 1 is 1.12 bits per heavy atom. The van der Waals surface area contributed by atoms with E-state index in [-0.39, 0.29) is 11.3 Å². The predicted octanol–water partition coefficient (Wildman–Crippen LogP) is 6.50.